The van der Waals surface area contributed by atoms with Crippen LogP contribution in [0.15, 0.2) is 46.2 Å². The summed E-state index contributed by atoms with van der Waals surface area (Å²) in [5.41, 5.74) is 1.53. The maximum atomic E-state index is 13.6. The monoisotopic (exact) mass is 385 g/mol. The fourth-order valence-electron chi connectivity index (χ4n) is 3.32. The van der Waals surface area contributed by atoms with Gasteiger partial charge in [0.15, 0.2) is 10.8 Å². The lowest BCUT2D eigenvalue weighted by atomic mass is 10.0. The van der Waals surface area contributed by atoms with Crippen LogP contribution in [0.2, 0.25) is 0 Å². The smallest absolute Gasteiger partial charge is 0.229 e. The fraction of sp³-hybridized carbons (Fsp3) is 0.300. The molecule has 0 radical (unpaired) electrons. The minimum absolute atomic E-state index is 0.00163. The Bertz CT molecular complexity index is 952. The standard InChI is InChI=1S/C20H20FN3O2S/c1-13-5-6-18(26-13)20-23-16(12-27-20)10-19(25)24-8-7-22-11-17(24)14-3-2-4-15(21)9-14/h2-6,9,12,17,22H,7-8,10-11H2,1H3. The zero-order chi connectivity index (χ0) is 18.8. The summed E-state index contributed by atoms with van der Waals surface area (Å²) < 4.78 is 19.2. The highest BCUT2D eigenvalue weighted by molar-refractivity contribution is 7.13. The third-order valence-electron chi connectivity index (χ3n) is 4.63. The zero-order valence-corrected chi connectivity index (χ0v) is 15.8. The van der Waals surface area contributed by atoms with E-state index < -0.39 is 0 Å². The van der Waals surface area contributed by atoms with Gasteiger partial charge < -0.3 is 14.6 Å². The third-order valence-corrected chi connectivity index (χ3v) is 5.54. The summed E-state index contributed by atoms with van der Waals surface area (Å²) in [6.07, 6.45) is 0.224. The molecule has 27 heavy (non-hydrogen) atoms. The van der Waals surface area contributed by atoms with Crippen LogP contribution in [0.25, 0.3) is 10.8 Å². The van der Waals surface area contributed by atoms with Crippen LogP contribution in [-0.4, -0.2) is 35.4 Å². The second-order valence-electron chi connectivity index (χ2n) is 6.59. The van der Waals surface area contributed by atoms with E-state index >= 15 is 0 Å². The van der Waals surface area contributed by atoms with E-state index in [1.807, 2.05) is 35.4 Å². The molecule has 1 fully saturated rings. The molecule has 1 atom stereocenters. The number of hydrogen-bond donors (Lipinski definition) is 1. The molecule has 7 heteroatoms. The average molecular weight is 385 g/mol. The summed E-state index contributed by atoms with van der Waals surface area (Å²) in [5.74, 6) is 1.26. The Morgan fingerprint density at radius 1 is 1.41 bits per heavy atom. The minimum atomic E-state index is -0.289. The highest BCUT2D eigenvalue weighted by Gasteiger charge is 2.28. The van der Waals surface area contributed by atoms with Gasteiger partial charge in [-0.2, -0.15) is 0 Å². The van der Waals surface area contributed by atoms with E-state index in [2.05, 4.69) is 10.3 Å². The van der Waals surface area contributed by atoms with Crippen LogP contribution in [0.1, 0.15) is 23.1 Å². The second-order valence-corrected chi connectivity index (χ2v) is 7.45. The average Bonchev–Trinajstić information content (AvgIpc) is 3.30. The van der Waals surface area contributed by atoms with Gasteiger partial charge in [-0.1, -0.05) is 12.1 Å². The SMILES string of the molecule is Cc1ccc(-c2nc(CC(=O)N3CCNCC3c3cccc(F)c3)cs2)o1. The maximum Gasteiger partial charge on any atom is 0.229 e. The van der Waals surface area contributed by atoms with Gasteiger partial charge in [0.1, 0.15) is 11.6 Å². The Labute approximate surface area is 160 Å². The third kappa shape index (κ3) is 3.94. The Morgan fingerprint density at radius 2 is 2.30 bits per heavy atom. The number of carbonyl (C=O) groups is 1. The van der Waals surface area contributed by atoms with E-state index in [4.69, 9.17) is 4.42 Å². The van der Waals surface area contributed by atoms with Gasteiger partial charge in [0.05, 0.1) is 18.2 Å². The number of piperazine rings is 1. The number of nitrogens with one attached hydrogen (secondary N) is 1. The van der Waals surface area contributed by atoms with E-state index in [0.717, 1.165) is 34.3 Å². The number of carbonyl (C=O) groups excluding carboxylic acids is 1. The van der Waals surface area contributed by atoms with Crippen LogP contribution in [0.3, 0.4) is 0 Å². The van der Waals surface area contributed by atoms with Gasteiger partial charge in [-0.3, -0.25) is 4.79 Å². The molecule has 1 aromatic carbocycles. The molecule has 2 aromatic heterocycles. The number of halogens is 1. The number of furan rings is 1. The first kappa shape index (κ1) is 17.9. The first-order valence-electron chi connectivity index (χ1n) is 8.87. The number of aryl methyl sites for hydroxylation is 1. The summed E-state index contributed by atoms with van der Waals surface area (Å²) in [7, 11) is 0. The van der Waals surface area contributed by atoms with Crippen molar-refractivity contribution in [3.05, 3.63) is 64.6 Å². The van der Waals surface area contributed by atoms with Crippen molar-refractivity contribution >= 4 is 17.2 Å². The van der Waals surface area contributed by atoms with Gasteiger partial charge >= 0.3 is 0 Å². The number of nitrogens with zero attached hydrogens (tertiary/aromatic N) is 2. The number of benzene rings is 1. The van der Waals surface area contributed by atoms with Crippen LogP contribution in [-0.2, 0) is 11.2 Å². The number of thiazole rings is 1. The molecule has 140 valence electrons. The number of aromatic nitrogens is 1. The normalized spacial score (nSPS) is 17.3. The van der Waals surface area contributed by atoms with Crippen LogP contribution < -0.4 is 5.32 Å². The van der Waals surface area contributed by atoms with Gasteiger partial charge in [0.2, 0.25) is 5.91 Å². The lowest BCUT2D eigenvalue weighted by molar-refractivity contribution is -0.133. The molecule has 0 saturated carbocycles. The molecule has 4 rings (SSSR count). The quantitative estimate of drug-likeness (QED) is 0.746. The van der Waals surface area contributed by atoms with Gasteiger partial charge in [0, 0.05) is 25.0 Å². The van der Waals surface area contributed by atoms with E-state index in [9.17, 15) is 9.18 Å². The first-order valence-corrected chi connectivity index (χ1v) is 9.75. The molecule has 1 aliphatic rings. The molecular weight excluding hydrogens is 365 g/mol. The fourth-order valence-corrected chi connectivity index (χ4v) is 4.10. The molecule has 0 spiro atoms. The van der Waals surface area contributed by atoms with Crippen molar-refractivity contribution in [1.29, 1.82) is 0 Å². The van der Waals surface area contributed by atoms with Gasteiger partial charge in [0.25, 0.3) is 0 Å². The zero-order valence-electron chi connectivity index (χ0n) is 14.9. The van der Waals surface area contributed by atoms with Crippen molar-refractivity contribution in [2.75, 3.05) is 19.6 Å². The molecule has 1 unspecified atom stereocenters. The highest BCUT2D eigenvalue weighted by Crippen LogP contribution is 2.27. The lowest BCUT2D eigenvalue weighted by Gasteiger charge is -2.36. The Kier molecular flexibility index (Phi) is 5.05. The largest absolute Gasteiger partial charge is 0.459 e. The van der Waals surface area contributed by atoms with Crippen molar-refractivity contribution in [3.8, 4) is 10.8 Å². The first-order chi connectivity index (χ1) is 13.1. The maximum absolute atomic E-state index is 13.6. The van der Waals surface area contributed by atoms with Crippen molar-refractivity contribution in [2.45, 2.75) is 19.4 Å². The Balaban J connectivity index is 1.50. The van der Waals surface area contributed by atoms with Crippen LogP contribution in [0.4, 0.5) is 4.39 Å². The molecule has 5 nitrogen and oxygen atoms in total. The second kappa shape index (κ2) is 7.62. The summed E-state index contributed by atoms with van der Waals surface area (Å²) in [4.78, 5) is 19.3. The molecule has 0 bridgehead atoms. The highest BCUT2D eigenvalue weighted by atomic mass is 32.1. The summed E-state index contributed by atoms with van der Waals surface area (Å²) in [6.45, 7) is 3.82. The van der Waals surface area contributed by atoms with E-state index in [-0.39, 0.29) is 24.2 Å². The molecule has 3 heterocycles. The van der Waals surface area contributed by atoms with Crippen LogP contribution >= 0.6 is 11.3 Å². The molecule has 1 saturated heterocycles. The van der Waals surface area contributed by atoms with Gasteiger partial charge in [-0.15, -0.1) is 11.3 Å². The Hall–Kier alpha value is -2.51. The summed E-state index contributed by atoms with van der Waals surface area (Å²) in [5, 5.41) is 5.95. The molecule has 1 amide bonds. The summed E-state index contributed by atoms with van der Waals surface area (Å²) >= 11 is 1.47. The predicted octanol–water partition coefficient (Wildman–Crippen LogP) is 3.57. The topological polar surface area (TPSA) is 58.4 Å². The molecule has 0 aliphatic carbocycles. The van der Waals surface area contributed by atoms with E-state index in [1.165, 1.54) is 23.5 Å². The number of amides is 1. The molecule has 1 N–H and O–H groups in total. The number of rotatable bonds is 4. The van der Waals surface area contributed by atoms with Crippen molar-refractivity contribution in [1.82, 2.24) is 15.2 Å². The summed E-state index contributed by atoms with van der Waals surface area (Å²) in [6, 6.07) is 10.1. The molecule has 1 aliphatic heterocycles. The van der Waals surface area contributed by atoms with Crippen LogP contribution in [0, 0.1) is 12.7 Å². The predicted molar refractivity (Wildman–Crippen MR) is 102 cm³/mol. The van der Waals surface area contributed by atoms with Gasteiger partial charge in [-0.05, 0) is 36.8 Å². The molecule has 3 aromatic rings. The van der Waals surface area contributed by atoms with Crippen molar-refractivity contribution in [3.63, 3.8) is 0 Å². The van der Waals surface area contributed by atoms with Crippen molar-refractivity contribution < 1.29 is 13.6 Å². The number of hydrogen-bond acceptors (Lipinski definition) is 5. The Morgan fingerprint density at radius 3 is 3.07 bits per heavy atom. The van der Waals surface area contributed by atoms with Gasteiger partial charge in [-0.25, -0.2) is 9.37 Å². The minimum Gasteiger partial charge on any atom is -0.459 e. The molecular formula is C20H20FN3O2S. The van der Waals surface area contributed by atoms with E-state index in [0.29, 0.717) is 13.1 Å². The van der Waals surface area contributed by atoms with Crippen molar-refractivity contribution in [2.24, 2.45) is 0 Å². The van der Waals surface area contributed by atoms with E-state index in [1.54, 1.807) is 6.07 Å². The lowest BCUT2D eigenvalue weighted by Crippen LogP contribution is -2.49. The van der Waals surface area contributed by atoms with Crippen LogP contribution in [0.5, 0.6) is 0 Å².